The van der Waals surface area contributed by atoms with Crippen LogP contribution >= 0.6 is 11.8 Å². The summed E-state index contributed by atoms with van der Waals surface area (Å²) in [4.78, 5) is 4.64. The largest absolute Gasteiger partial charge is 0.320 e. The number of aryl methyl sites for hydroxylation is 2. The Morgan fingerprint density at radius 3 is 2.71 bits per heavy atom. The van der Waals surface area contributed by atoms with Gasteiger partial charge >= 0.3 is 0 Å². The van der Waals surface area contributed by atoms with Gasteiger partial charge in [0.1, 0.15) is 12.2 Å². The summed E-state index contributed by atoms with van der Waals surface area (Å²) < 4.78 is 2.06. The maximum absolute atomic E-state index is 4.64. The molecule has 1 saturated carbocycles. The van der Waals surface area contributed by atoms with Gasteiger partial charge in [-0.1, -0.05) is 13.8 Å². The van der Waals surface area contributed by atoms with Crippen molar-refractivity contribution >= 4 is 11.8 Å². The Morgan fingerprint density at radius 1 is 1.38 bits per heavy atom. The van der Waals surface area contributed by atoms with Crippen molar-refractivity contribution < 1.29 is 0 Å². The smallest absolute Gasteiger partial charge is 0.143 e. The summed E-state index contributed by atoms with van der Waals surface area (Å²) in [5, 5.41) is 9.62. The molecule has 2 aromatic heterocycles. The lowest BCUT2D eigenvalue weighted by Crippen LogP contribution is -2.43. The number of thioether (sulfide) groups is 1. The minimum Gasteiger partial charge on any atom is -0.320 e. The average molecular weight is 302 g/mol. The Bertz CT molecular complexity index is 643. The minimum absolute atomic E-state index is 0.0153. The van der Waals surface area contributed by atoms with Crippen LogP contribution in [0.2, 0.25) is 0 Å². The van der Waals surface area contributed by atoms with E-state index in [0.29, 0.717) is 0 Å². The van der Waals surface area contributed by atoms with E-state index in [1.807, 2.05) is 7.05 Å². The van der Waals surface area contributed by atoms with Crippen LogP contribution < -0.4 is 0 Å². The van der Waals surface area contributed by atoms with E-state index < -0.39 is 0 Å². The van der Waals surface area contributed by atoms with Crippen molar-refractivity contribution in [2.24, 2.45) is 13.0 Å². The molecule has 0 N–H and O–H groups in total. The van der Waals surface area contributed by atoms with Crippen molar-refractivity contribution in [3.63, 3.8) is 0 Å². The van der Waals surface area contributed by atoms with E-state index in [9.17, 15) is 0 Å². The van der Waals surface area contributed by atoms with Crippen LogP contribution in [0.3, 0.4) is 0 Å². The average Bonchev–Trinajstić information content (AvgIpc) is 2.81. The van der Waals surface area contributed by atoms with Gasteiger partial charge in [-0.15, -0.1) is 22.0 Å². The summed E-state index contributed by atoms with van der Waals surface area (Å²) in [7, 11) is 2.04. The highest BCUT2D eigenvalue weighted by Crippen LogP contribution is 2.51. The maximum Gasteiger partial charge on any atom is 0.143 e. The van der Waals surface area contributed by atoms with Crippen LogP contribution in [-0.4, -0.2) is 25.5 Å². The van der Waals surface area contributed by atoms with E-state index in [4.69, 9.17) is 0 Å². The molecule has 0 radical (unpaired) electrons. The molecule has 0 aliphatic heterocycles. The zero-order valence-corrected chi connectivity index (χ0v) is 13.9. The number of rotatable bonds is 4. The fraction of sp³-hybridized carbons (Fsp3) is 0.562. The predicted octanol–water partition coefficient (Wildman–Crippen LogP) is 3.35. The molecule has 21 heavy (non-hydrogen) atoms. The monoisotopic (exact) mass is 302 g/mol. The Hall–Kier alpha value is -1.36. The Balaban J connectivity index is 2.08. The molecule has 1 aliphatic carbocycles. The van der Waals surface area contributed by atoms with Crippen LogP contribution in [0.4, 0.5) is 0 Å². The lowest BCUT2D eigenvalue weighted by Gasteiger charge is -2.46. The fourth-order valence-corrected chi connectivity index (χ4v) is 4.24. The van der Waals surface area contributed by atoms with Crippen molar-refractivity contribution in [1.29, 1.82) is 0 Å². The van der Waals surface area contributed by atoms with Crippen molar-refractivity contribution in [1.82, 2.24) is 19.7 Å². The standard InChI is InChI=1S/C16H22N4S/c1-5-21-14-7-13(6-12(3)18-14)16(8-11(2)9-16)15-19-17-10-20(15)4/h6-7,10-11H,5,8-9H2,1-4H3. The first-order valence-corrected chi connectivity index (χ1v) is 8.50. The molecule has 112 valence electrons. The van der Waals surface area contributed by atoms with Crippen LogP contribution in [0, 0.1) is 12.8 Å². The van der Waals surface area contributed by atoms with Gasteiger partial charge in [-0.3, -0.25) is 0 Å². The Kier molecular flexibility index (Phi) is 3.78. The summed E-state index contributed by atoms with van der Waals surface area (Å²) in [5.41, 5.74) is 2.45. The van der Waals surface area contributed by atoms with E-state index >= 15 is 0 Å². The second-order valence-electron chi connectivity index (χ2n) is 6.13. The highest BCUT2D eigenvalue weighted by atomic mass is 32.2. The van der Waals surface area contributed by atoms with Crippen molar-refractivity contribution in [3.05, 3.63) is 35.5 Å². The van der Waals surface area contributed by atoms with Gasteiger partial charge in [-0.25, -0.2) is 4.98 Å². The molecule has 0 spiro atoms. The molecule has 0 amide bonds. The lowest BCUT2D eigenvalue weighted by atomic mass is 9.58. The van der Waals surface area contributed by atoms with Gasteiger partial charge in [-0.2, -0.15) is 0 Å². The fourth-order valence-electron chi connectivity index (χ4n) is 3.53. The molecule has 0 atom stereocenters. The summed E-state index contributed by atoms with van der Waals surface area (Å²) in [6.45, 7) is 6.55. The zero-order chi connectivity index (χ0) is 15.0. The maximum atomic E-state index is 4.64. The quantitative estimate of drug-likeness (QED) is 0.812. The van der Waals surface area contributed by atoms with E-state index in [2.05, 4.69) is 52.7 Å². The molecule has 0 aromatic carbocycles. The molecule has 2 heterocycles. The van der Waals surface area contributed by atoms with Crippen LogP contribution in [0.15, 0.2) is 23.5 Å². The third-order valence-electron chi connectivity index (χ3n) is 4.31. The molecule has 5 heteroatoms. The molecule has 4 nitrogen and oxygen atoms in total. The van der Waals surface area contributed by atoms with Crippen molar-refractivity contribution in [2.45, 2.75) is 44.1 Å². The molecule has 0 saturated heterocycles. The molecule has 2 aromatic rings. The number of hydrogen-bond acceptors (Lipinski definition) is 4. The van der Waals surface area contributed by atoms with Gasteiger partial charge in [0.05, 0.1) is 10.4 Å². The Morgan fingerprint density at radius 2 is 2.14 bits per heavy atom. The molecular weight excluding hydrogens is 280 g/mol. The highest BCUT2D eigenvalue weighted by molar-refractivity contribution is 7.99. The van der Waals surface area contributed by atoms with E-state index in [-0.39, 0.29) is 5.41 Å². The summed E-state index contributed by atoms with van der Waals surface area (Å²) in [6, 6.07) is 4.47. The third kappa shape index (κ3) is 2.48. The van der Waals surface area contributed by atoms with Crippen molar-refractivity contribution in [3.8, 4) is 0 Å². The molecule has 0 bridgehead atoms. The molecule has 3 rings (SSSR count). The molecule has 0 unspecified atom stereocenters. The second kappa shape index (κ2) is 5.44. The third-order valence-corrected chi connectivity index (χ3v) is 5.10. The van der Waals surface area contributed by atoms with Crippen LogP contribution in [0.5, 0.6) is 0 Å². The van der Waals surface area contributed by atoms with Crippen LogP contribution in [0.25, 0.3) is 0 Å². The summed E-state index contributed by atoms with van der Waals surface area (Å²) >= 11 is 1.80. The zero-order valence-electron chi connectivity index (χ0n) is 13.1. The summed E-state index contributed by atoms with van der Waals surface area (Å²) in [5.74, 6) is 2.86. The van der Waals surface area contributed by atoms with Gasteiger partial charge in [-0.05, 0) is 49.1 Å². The van der Waals surface area contributed by atoms with E-state index in [1.54, 1.807) is 18.1 Å². The predicted molar refractivity (Wildman–Crippen MR) is 85.6 cm³/mol. The first-order chi connectivity index (χ1) is 10.0. The van der Waals surface area contributed by atoms with Gasteiger partial charge in [0.25, 0.3) is 0 Å². The van der Waals surface area contributed by atoms with Crippen LogP contribution in [-0.2, 0) is 12.5 Å². The van der Waals surface area contributed by atoms with Gasteiger partial charge in [0, 0.05) is 12.7 Å². The minimum atomic E-state index is 0.0153. The number of nitrogens with zero attached hydrogens (tertiary/aromatic N) is 4. The normalized spacial score (nSPS) is 24.9. The molecule has 1 aliphatic rings. The topological polar surface area (TPSA) is 43.6 Å². The molecule has 1 fully saturated rings. The second-order valence-corrected chi connectivity index (χ2v) is 7.41. The van der Waals surface area contributed by atoms with Gasteiger partial charge in [0.15, 0.2) is 0 Å². The first-order valence-electron chi connectivity index (χ1n) is 7.51. The first kappa shape index (κ1) is 14.6. The Labute approximate surface area is 130 Å². The number of aromatic nitrogens is 4. The number of hydrogen-bond donors (Lipinski definition) is 0. The van der Waals surface area contributed by atoms with Crippen LogP contribution in [0.1, 0.15) is 43.8 Å². The van der Waals surface area contributed by atoms with Gasteiger partial charge < -0.3 is 4.57 Å². The number of pyridine rings is 1. The lowest BCUT2D eigenvalue weighted by molar-refractivity contribution is 0.185. The highest BCUT2D eigenvalue weighted by Gasteiger charge is 2.48. The molecular formula is C16H22N4S. The van der Waals surface area contributed by atoms with E-state index in [0.717, 1.165) is 41.1 Å². The summed E-state index contributed by atoms with van der Waals surface area (Å²) in [6.07, 6.45) is 4.08. The van der Waals surface area contributed by atoms with E-state index in [1.165, 1.54) is 5.56 Å². The SMILES string of the molecule is CCSc1cc(C2(c3nncn3C)CC(C)C2)cc(C)n1. The van der Waals surface area contributed by atoms with Crippen molar-refractivity contribution in [2.75, 3.05) is 5.75 Å². The van der Waals surface area contributed by atoms with Gasteiger partial charge in [0.2, 0.25) is 0 Å².